The summed E-state index contributed by atoms with van der Waals surface area (Å²) >= 11 is 0. The van der Waals surface area contributed by atoms with Crippen LogP contribution in [-0.2, 0) is 26.2 Å². The second kappa shape index (κ2) is 7.19. The van der Waals surface area contributed by atoms with Gasteiger partial charge in [0.2, 0.25) is 11.8 Å². The SMILES string of the molecule is O=C1CCC(N2Cc3c(NS(=O)(=O)c4cccc(C5CC5)c4)cccc3C2=O)C(=O)N1. The number of sulfonamides is 1. The maximum absolute atomic E-state index is 13.0. The summed E-state index contributed by atoms with van der Waals surface area (Å²) in [4.78, 5) is 38.2. The lowest BCUT2D eigenvalue weighted by molar-refractivity contribution is -0.136. The summed E-state index contributed by atoms with van der Waals surface area (Å²) in [5.41, 5.74) is 2.22. The zero-order valence-electron chi connectivity index (χ0n) is 16.6. The number of nitrogens with zero attached hydrogens (tertiary/aromatic N) is 1. The van der Waals surface area contributed by atoms with E-state index in [-0.39, 0.29) is 36.1 Å². The third-order valence-corrected chi connectivity index (χ3v) is 7.41. The second-order valence-electron chi connectivity index (χ2n) is 8.18. The molecule has 1 saturated carbocycles. The second-order valence-corrected chi connectivity index (χ2v) is 9.87. The zero-order chi connectivity index (χ0) is 21.8. The molecule has 2 heterocycles. The zero-order valence-corrected chi connectivity index (χ0v) is 17.4. The molecule has 0 aromatic heterocycles. The van der Waals surface area contributed by atoms with Gasteiger partial charge in [0.05, 0.1) is 10.6 Å². The summed E-state index contributed by atoms with van der Waals surface area (Å²) in [6.45, 7) is 0.0985. The molecule has 0 bridgehead atoms. The minimum atomic E-state index is -3.84. The summed E-state index contributed by atoms with van der Waals surface area (Å²) in [5, 5.41) is 2.26. The van der Waals surface area contributed by atoms with Crippen LogP contribution in [0.1, 0.15) is 53.1 Å². The number of piperidine rings is 1. The number of carbonyl (C=O) groups excluding carboxylic acids is 3. The summed E-state index contributed by atoms with van der Waals surface area (Å²) in [6, 6.07) is 11.0. The van der Waals surface area contributed by atoms with E-state index >= 15 is 0 Å². The molecule has 0 spiro atoms. The van der Waals surface area contributed by atoms with Gasteiger partial charge in [-0.15, -0.1) is 0 Å². The van der Waals surface area contributed by atoms with Gasteiger partial charge >= 0.3 is 0 Å². The normalized spacial score (nSPS) is 21.1. The van der Waals surface area contributed by atoms with Crippen LogP contribution in [0.5, 0.6) is 0 Å². The van der Waals surface area contributed by atoms with E-state index in [1.54, 1.807) is 36.4 Å². The van der Waals surface area contributed by atoms with Crippen molar-refractivity contribution >= 4 is 33.4 Å². The van der Waals surface area contributed by atoms with E-state index in [9.17, 15) is 22.8 Å². The minimum absolute atomic E-state index is 0.0985. The average molecular weight is 439 g/mol. The number of fused-ring (bicyclic) bond motifs is 1. The number of amides is 3. The molecule has 2 aliphatic heterocycles. The highest BCUT2D eigenvalue weighted by Crippen LogP contribution is 2.40. The van der Waals surface area contributed by atoms with Crippen molar-refractivity contribution in [3.63, 3.8) is 0 Å². The molecule has 5 rings (SSSR count). The molecule has 1 atom stereocenters. The predicted octanol–water partition coefficient (Wildman–Crippen LogP) is 2.13. The highest BCUT2D eigenvalue weighted by Gasteiger charge is 2.40. The smallest absolute Gasteiger partial charge is 0.261 e. The Balaban J connectivity index is 1.42. The summed E-state index contributed by atoms with van der Waals surface area (Å²) in [6.07, 6.45) is 2.55. The largest absolute Gasteiger partial charge is 0.322 e. The topological polar surface area (TPSA) is 113 Å². The van der Waals surface area contributed by atoms with Crippen molar-refractivity contribution in [3.05, 3.63) is 59.2 Å². The lowest BCUT2D eigenvalue weighted by Crippen LogP contribution is -2.52. The van der Waals surface area contributed by atoms with Gasteiger partial charge in [0.25, 0.3) is 15.9 Å². The van der Waals surface area contributed by atoms with Crippen LogP contribution >= 0.6 is 0 Å². The lowest BCUT2D eigenvalue weighted by atomic mass is 10.0. The first-order chi connectivity index (χ1) is 14.8. The number of hydrogen-bond donors (Lipinski definition) is 2. The number of imide groups is 1. The van der Waals surface area contributed by atoms with Crippen molar-refractivity contribution in [2.24, 2.45) is 0 Å². The summed E-state index contributed by atoms with van der Waals surface area (Å²) in [5.74, 6) is -0.777. The van der Waals surface area contributed by atoms with Gasteiger partial charge in [0.1, 0.15) is 6.04 Å². The first kappa shape index (κ1) is 19.7. The highest BCUT2D eigenvalue weighted by molar-refractivity contribution is 7.92. The Morgan fingerprint density at radius 1 is 1.00 bits per heavy atom. The molecular formula is C22H21N3O5S. The van der Waals surface area contributed by atoms with Gasteiger partial charge in [-0.1, -0.05) is 18.2 Å². The molecule has 1 unspecified atom stereocenters. The quantitative estimate of drug-likeness (QED) is 0.693. The highest BCUT2D eigenvalue weighted by atomic mass is 32.2. The molecule has 2 fully saturated rings. The van der Waals surface area contributed by atoms with E-state index in [1.807, 2.05) is 6.07 Å². The molecule has 2 aromatic carbocycles. The predicted molar refractivity (Wildman–Crippen MR) is 112 cm³/mol. The van der Waals surface area contributed by atoms with Crippen molar-refractivity contribution in [1.82, 2.24) is 10.2 Å². The molecule has 31 heavy (non-hydrogen) atoms. The fourth-order valence-electron chi connectivity index (χ4n) is 4.24. The number of rotatable bonds is 5. The number of nitrogens with one attached hydrogen (secondary N) is 2. The fourth-order valence-corrected chi connectivity index (χ4v) is 5.38. The summed E-state index contributed by atoms with van der Waals surface area (Å²) in [7, 11) is -3.84. The summed E-state index contributed by atoms with van der Waals surface area (Å²) < 4.78 is 28.7. The maximum atomic E-state index is 13.0. The van der Waals surface area contributed by atoms with Crippen LogP contribution in [0.2, 0.25) is 0 Å². The van der Waals surface area contributed by atoms with Gasteiger partial charge in [0.15, 0.2) is 0 Å². The van der Waals surface area contributed by atoms with Gasteiger partial charge < -0.3 is 4.90 Å². The average Bonchev–Trinajstić information content (AvgIpc) is 3.53. The molecule has 0 radical (unpaired) electrons. The molecule has 2 N–H and O–H groups in total. The van der Waals surface area contributed by atoms with Crippen molar-refractivity contribution < 1.29 is 22.8 Å². The van der Waals surface area contributed by atoms with Gasteiger partial charge in [-0.2, -0.15) is 0 Å². The third-order valence-electron chi connectivity index (χ3n) is 6.04. The van der Waals surface area contributed by atoms with E-state index < -0.39 is 22.0 Å². The fraction of sp³-hybridized carbons (Fsp3) is 0.318. The Labute approximate surface area is 179 Å². The molecule has 1 saturated heterocycles. The van der Waals surface area contributed by atoms with Crippen LogP contribution in [0.15, 0.2) is 47.4 Å². The standard InChI is InChI=1S/C22H21N3O5S/c26-20-10-9-19(21(27)23-20)25-12-17-16(22(25)28)5-2-6-18(17)24-31(29,30)15-4-1-3-14(11-15)13-7-8-13/h1-6,11,13,19,24H,7-10,12H2,(H,23,26,27). The number of hydrogen-bond acceptors (Lipinski definition) is 5. The van der Waals surface area contributed by atoms with Crippen LogP contribution in [0, 0.1) is 0 Å². The Bertz CT molecular complexity index is 1220. The van der Waals surface area contributed by atoms with Crippen LogP contribution < -0.4 is 10.0 Å². The van der Waals surface area contributed by atoms with Crippen LogP contribution in [0.25, 0.3) is 0 Å². The number of benzene rings is 2. The minimum Gasteiger partial charge on any atom is -0.322 e. The van der Waals surface area contributed by atoms with Crippen molar-refractivity contribution in [2.45, 2.75) is 49.1 Å². The van der Waals surface area contributed by atoms with Gasteiger partial charge in [0, 0.05) is 24.1 Å². The molecule has 9 heteroatoms. The Kier molecular flexibility index (Phi) is 4.58. The first-order valence-corrected chi connectivity index (χ1v) is 11.7. The van der Waals surface area contributed by atoms with Crippen molar-refractivity contribution in [1.29, 1.82) is 0 Å². The molecule has 160 valence electrons. The van der Waals surface area contributed by atoms with E-state index in [0.29, 0.717) is 22.7 Å². The van der Waals surface area contributed by atoms with E-state index in [2.05, 4.69) is 10.0 Å². The number of carbonyl (C=O) groups is 3. The Morgan fingerprint density at radius 3 is 2.52 bits per heavy atom. The molecular weight excluding hydrogens is 418 g/mol. The molecule has 8 nitrogen and oxygen atoms in total. The van der Waals surface area contributed by atoms with Crippen LogP contribution in [0.3, 0.4) is 0 Å². The molecule has 3 amide bonds. The molecule has 3 aliphatic rings. The third kappa shape index (κ3) is 3.59. The van der Waals surface area contributed by atoms with E-state index in [0.717, 1.165) is 18.4 Å². The number of anilines is 1. The van der Waals surface area contributed by atoms with Crippen LogP contribution in [-0.4, -0.2) is 37.1 Å². The molecule has 1 aliphatic carbocycles. The van der Waals surface area contributed by atoms with E-state index in [4.69, 9.17) is 0 Å². The van der Waals surface area contributed by atoms with Crippen LogP contribution in [0.4, 0.5) is 5.69 Å². The first-order valence-electron chi connectivity index (χ1n) is 10.2. The lowest BCUT2D eigenvalue weighted by Gasteiger charge is -2.29. The van der Waals surface area contributed by atoms with Gasteiger partial charge in [-0.25, -0.2) is 8.42 Å². The monoisotopic (exact) mass is 439 g/mol. The Hall–Kier alpha value is -3.20. The van der Waals surface area contributed by atoms with Crippen molar-refractivity contribution in [2.75, 3.05) is 4.72 Å². The molecule has 2 aromatic rings. The van der Waals surface area contributed by atoms with E-state index in [1.165, 1.54) is 4.90 Å². The maximum Gasteiger partial charge on any atom is 0.261 e. The van der Waals surface area contributed by atoms with Gasteiger partial charge in [-0.3, -0.25) is 24.4 Å². The Morgan fingerprint density at radius 2 is 1.77 bits per heavy atom. The van der Waals surface area contributed by atoms with Crippen molar-refractivity contribution in [3.8, 4) is 0 Å². The van der Waals surface area contributed by atoms with Gasteiger partial charge in [-0.05, 0) is 55.0 Å².